The lowest BCUT2D eigenvalue weighted by Gasteiger charge is -2.28. The Balaban J connectivity index is 1.89. The monoisotopic (exact) mass is 473 g/mol. The summed E-state index contributed by atoms with van der Waals surface area (Å²) in [6.07, 6.45) is 2.39. The molecule has 0 atom stereocenters. The summed E-state index contributed by atoms with van der Waals surface area (Å²) in [5.41, 5.74) is 2.71. The summed E-state index contributed by atoms with van der Waals surface area (Å²) in [4.78, 5) is 27.2. The van der Waals surface area contributed by atoms with Crippen LogP contribution in [-0.2, 0) is 20.9 Å². The number of allylic oxidation sites excluding steroid dienone is 1. The van der Waals surface area contributed by atoms with Crippen LogP contribution in [0.25, 0.3) is 16.3 Å². The van der Waals surface area contributed by atoms with Gasteiger partial charge in [0.25, 0.3) is 0 Å². The van der Waals surface area contributed by atoms with Gasteiger partial charge < -0.3 is 14.2 Å². The molecule has 182 valence electrons. The van der Waals surface area contributed by atoms with E-state index >= 15 is 0 Å². The van der Waals surface area contributed by atoms with E-state index in [0.717, 1.165) is 27.5 Å². The molecule has 35 heavy (non-hydrogen) atoms. The first-order chi connectivity index (χ1) is 16.8. The number of benzene rings is 3. The Morgan fingerprint density at radius 3 is 2.37 bits per heavy atom. The molecular formula is C29H31NO5. The summed E-state index contributed by atoms with van der Waals surface area (Å²) in [7, 11) is 1.36. The normalized spacial score (nSPS) is 14.9. The van der Waals surface area contributed by atoms with E-state index in [9.17, 15) is 9.59 Å². The van der Waals surface area contributed by atoms with E-state index < -0.39 is 17.7 Å². The highest BCUT2D eigenvalue weighted by Crippen LogP contribution is 2.44. The van der Waals surface area contributed by atoms with Crippen LogP contribution < -0.4 is 9.64 Å². The van der Waals surface area contributed by atoms with E-state index in [2.05, 4.69) is 0 Å². The molecule has 0 radical (unpaired) electrons. The molecule has 6 nitrogen and oxygen atoms in total. The molecule has 0 aromatic heterocycles. The SMILES string of the molecule is COC(=O)/C=C1\CCCN(C(=O)OC(C)(C)C)c2cc(OCc3ccccc3)c3ccccc3c21. The number of carbonyl (C=O) groups is 2. The van der Waals surface area contributed by atoms with Crippen LogP contribution in [0.1, 0.15) is 44.7 Å². The smallest absolute Gasteiger partial charge is 0.414 e. The average Bonchev–Trinajstić information content (AvgIpc) is 3.01. The molecule has 0 spiro atoms. The number of carbonyl (C=O) groups excluding carboxylic acids is 2. The molecule has 0 fully saturated rings. The lowest BCUT2D eigenvalue weighted by atomic mass is 9.93. The van der Waals surface area contributed by atoms with Crippen LogP contribution in [0.5, 0.6) is 5.75 Å². The molecule has 0 aliphatic carbocycles. The van der Waals surface area contributed by atoms with Crippen molar-refractivity contribution in [3.63, 3.8) is 0 Å². The molecule has 3 aromatic rings. The van der Waals surface area contributed by atoms with Crippen LogP contribution in [-0.4, -0.2) is 31.3 Å². The van der Waals surface area contributed by atoms with Crippen LogP contribution in [0.4, 0.5) is 10.5 Å². The van der Waals surface area contributed by atoms with Gasteiger partial charge in [0.15, 0.2) is 0 Å². The number of rotatable bonds is 4. The fourth-order valence-electron chi connectivity index (χ4n) is 4.26. The summed E-state index contributed by atoms with van der Waals surface area (Å²) >= 11 is 0. The topological polar surface area (TPSA) is 65.1 Å². The highest BCUT2D eigenvalue weighted by molar-refractivity contribution is 6.08. The Morgan fingerprint density at radius 1 is 1.00 bits per heavy atom. The van der Waals surface area contributed by atoms with Crippen LogP contribution in [0.3, 0.4) is 0 Å². The molecular weight excluding hydrogens is 442 g/mol. The average molecular weight is 474 g/mol. The Labute approximate surface area is 206 Å². The number of esters is 1. The van der Waals surface area contributed by atoms with Crippen molar-refractivity contribution in [2.45, 2.75) is 45.8 Å². The lowest BCUT2D eigenvalue weighted by molar-refractivity contribution is -0.134. The Hall–Kier alpha value is -3.80. The highest BCUT2D eigenvalue weighted by Gasteiger charge is 2.30. The predicted molar refractivity (Wildman–Crippen MR) is 138 cm³/mol. The zero-order valence-corrected chi connectivity index (χ0v) is 20.7. The van der Waals surface area contributed by atoms with Crippen LogP contribution in [0.15, 0.2) is 66.7 Å². The third kappa shape index (κ3) is 5.65. The maximum absolute atomic E-state index is 13.3. The summed E-state index contributed by atoms with van der Waals surface area (Å²) in [6, 6.07) is 19.7. The standard InChI is InChI=1S/C29H31NO5/c1-29(2,3)35-28(32)30-16-10-13-21(17-26(31)33-4)27-23-15-9-8-14-22(23)25(18-24(27)30)34-19-20-11-6-5-7-12-20/h5-9,11-12,14-15,17-18H,10,13,16,19H2,1-4H3/b21-17+. The summed E-state index contributed by atoms with van der Waals surface area (Å²) in [5.74, 6) is 0.237. The number of nitrogens with zero attached hydrogens (tertiary/aromatic N) is 1. The molecule has 0 bridgehead atoms. The number of hydrogen-bond donors (Lipinski definition) is 0. The summed E-state index contributed by atoms with van der Waals surface area (Å²) in [5, 5.41) is 1.81. The molecule has 0 unspecified atom stereocenters. The van der Waals surface area contributed by atoms with Crippen molar-refractivity contribution in [1.29, 1.82) is 0 Å². The number of amides is 1. The Kier molecular flexibility index (Phi) is 7.10. The minimum Gasteiger partial charge on any atom is -0.488 e. The minimum absolute atomic E-state index is 0.390. The van der Waals surface area contributed by atoms with Gasteiger partial charge in [-0.2, -0.15) is 0 Å². The van der Waals surface area contributed by atoms with Crippen molar-refractivity contribution in [2.24, 2.45) is 0 Å². The van der Waals surface area contributed by atoms with Crippen LogP contribution in [0.2, 0.25) is 0 Å². The van der Waals surface area contributed by atoms with Crippen molar-refractivity contribution in [3.8, 4) is 5.75 Å². The first-order valence-electron chi connectivity index (χ1n) is 11.8. The van der Waals surface area contributed by atoms with Gasteiger partial charge in [-0.25, -0.2) is 9.59 Å². The van der Waals surface area contributed by atoms with Crippen LogP contribution in [0, 0.1) is 0 Å². The van der Waals surface area contributed by atoms with E-state index in [-0.39, 0.29) is 0 Å². The third-order valence-corrected chi connectivity index (χ3v) is 5.77. The van der Waals surface area contributed by atoms with Gasteiger partial charge in [-0.15, -0.1) is 0 Å². The van der Waals surface area contributed by atoms with Gasteiger partial charge in [0.1, 0.15) is 18.0 Å². The van der Waals surface area contributed by atoms with Crippen molar-refractivity contribution in [1.82, 2.24) is 0 Å². The fraction of sp³-hybridized carbons (Fsp3) is 0.310. The van der Waals surface area contributed by atoms with Crippen molar-refractivity contribution >= 4 is 34.1 Å². The zero-order valence-electron chi connectivity index (χ0n) is 20.7. The second kappa shape index (κ2) is 10.2. The second-order valence-corrected chi connectivity index (χ2v) is 9.52. The quantitative estimate of drug-likeness (QED) is 0.319. The maximum atomic E-state index is 13.3. The highest BCUT2D eigenvalue weighted by atomic mass is 16.6. The summed E-state index contributed by atoms with van der Waals surface area (Å²) in [6.45, 7) is 6.39. The largest absolute Gasteiger partial charge is 0.488 e. The molecule has 3 aromatic carbocycles. The maximum Gasteiger partial charge on any atom is 0.414 e. The molecule has 0 saturated heterocycles. The van der Waals surface area contributed by atoms with Gasteiger partial charge in [0.2, 0.25) is 0 Å². The van der Waals surface area contributed by atoms with Crippen LogP contribution >= 0.6 is 0 Å². The molecule has 1 amide bonds. The lowest BCUT2D eigenvalue weighted by Crippen LogP contribution is -2.37. The number of fused-ring (bicyclic) bond motifs is 3. The van der Waals surface area contributed by atoms with Gasteiger partial charge in [-0.05, 0) is 50.1 Å². The van der Waals surface area contributed by atoms with Gasteiger partial charge in [-0.1, -0.05) is 54.6 Å². The molecule has 1 aliphatic rings. The number of methoxy groups -OCH3 is 1. The molecule has 6 heteroatoms. The molecule has 0 N–H and O–H groups in total. The van der Waals surface area contributed by atoms with E-state index in [1.807, 2.05) is 81.4 Å². The van der Waals surface area contributed by atoms with Crippen molar-refractivity contribution in [3.05, 3.63) is 77.9 Å². The van der Waals surface area contributed by atoms with E-state index in [0.29, 0.717) is 37.4 Å². The zero-order chi connectivity index (χ0) is 25.0. The van der Waals surface area contributed by atoms with Crippen molar-refractivity contribution in [2.75, 3.05) is 18.6 Å². The van der Waals surface area contributed by atoms with Gasteiger partial charge in [-0.3, -0.25) is 4.90 Å². The van der Waals surface area contributed by atoms with E-state index in [4.69, 9.17) is 14.2 Å². The fourth-order valence-corrected chi connectivity index (χ4v) is 4.26. The number of hydrogen-bond acceptors (Lipinski definition) is 5. The summed E-state index contributed by atoms with van der Waals surface area (Å²) < 4.78 is 17.0. The first kappa shape index (κ1) is 24.3. The number of anilines is 1. The third-order valence-electron chi connectivity index (χ3n) is 5.77. The van der Waals surface area contributed by atoms with Crippen molar-refractivity contribution < 1.29 is 23.8 Å². The van der Waals surface area contributed by atoms with E-state index in [1.165, 1.54) is 13.2 Å². The van der Waals surface area contributed by atoms with Gasteiger partial charge in [0, 0.05) is 29.6 Å². The first-order valence-corrected chi connectivity index (χ1v) is 11.8. The second-order valence-electron chi connectivity index (χ2n) is 9.52. The Bertz CT molecular complexity index is 1260. The van der Waals surface area contributed by atoms with Gasteiger partial charge in [0.05, 0.1) is 12.8 Å². The van der Waals surface area contributed by atoms with Gasteiger partial charge >= 0.3 is 12.1 Å². The van der Waals surface area contributed by atoms with E-state index in [1.54, 1.807) is 4.90 Å². The molecule has 0 saturated carbocycles. The minimum atomic E-state index is -0.641. The molecule has 1 aliphatic heterocycles. The molecule has 1 heterocycles. The molecule has 4 rings (SSSR count). The number of ether oxygens (including phenoxy) is 3. The predicted octanol–water partition coefficient (Wildman–Crippen LogP) is 6.51. The Morgan fingerprint density at radius 2 is 1.69 bits per heavy atom.